The van der Waals surface area contributed by atoms with Gasteiger partial charge in [-0.2, -0.15) is 0 Å². The first-order valence-corrected chi connectivity index (χ1v) is 12.5. The predicted octanol–water partition coefficient (Wildman–Crippen LogP) is 2.94. The van der Waals surface area contributed by atoms with Crippen LogP contribution in [0.25, 0.3) is 0 Å². The van der Waals surface area contributed by atoms with Gasteiger partial charge in [-0.1, -0.05) is 104 Å². The molecule has 0 aliphatic rings. The average Bonchev–Trinajstić information content (AvgIpc) is 2.58. The molecule has 0 aromatic rings. The molecular weight excluding hydrogens is 387 g/mol. The molecule has 0 saturated heterocycles. The van der Waals surface area contributed by atoms with Crippen LogP contribution < -0.4 is 51.4 Å². The van der Waals surface area contributed by atoms with Crippen molar-refractivity contribution in [2.24, 2.45) is 0 Å². The number of rotatable bonds is 19. The first kappa shape index (κ1) is 30.7. The van der Waals surface area contributed by atoms with Crippen molar-refractivity contribution in [1.29, 1.82) is 0 Å². The molecule has 0 radical (unpaired) electrons. The fourth-order valence-electron chi connectivity index (χ4n) is 3.52. The summed E-state index contributed by atoms with van der Waals surface area (Å²) in [5, 5.41) is 9.06. The van der Waals surface area contributed by atoms with Crippen molar-refractivity contribution in [2.75, 3.05) is 0 Å². The number of hydrogen-bond donors (Lipinski definition) is 1. The number of aliphatic hydroxyl groups excluding tert-OH is 1. The molecule has 0 aromatic heterocycles. The van der Waals surface area contributed by atoms with Gasteiger partial charge in [0, 0.05) is 0 Å². The second kappa shape index (κ2) is 20.8. The van der Waals surface area contributed by atoms with Crippen LogP contribution >= 0.6 is 0 Å². The topological polar surface area (TPSA) is 77.4 Å². The Morgan fingerprint density at radius 3 is 1.48 bits per heavy atom. The van der Waals surface area contributed by atoms with E-state index in [0.717, 1.165) is 12.8 Å². The summed E-state index contributed by atoms with van der Waals surface area (Å²) >= 11 is 0. The van der Waals surface area contributed by atoms with Crippen LogP contribution in [0.2, 0.25) is 0 Å². The fourth-order valence-corrected chi connectivity index (χ4v) is 4.50. The largest absolute Gasteiger partial charge is 1.00 e. The second-order valence-electron chi connectivity index (χ2n) is 7.82. The molecule has 0 bridgehead atoms. The van der Waals surface area contributed by atoms with Crippen molar-refractivity contribution in [3.8, 4) is 0 Å². The van der Waals surface area contributed by atoms with Crippen molar-refractivity contribution < 1.29 is 69.5 Å². The van der Waals surface area contributed by atoms with Gasteiger partial charge in [0.25, 0.3) is 0 Å². The van der Waals surface area contributed by atoms with E-state index >= 15 is 0 Å². The standard InChI is InChI=1S/C21H44O4S.K/c1-3-5-6-7-8-9-10-11-12-13-14-15-16-18-20(22)19-21(17-4-2)26(23,24)25;/h20-22H,3-19H2,1-2H3,(H,23,24,25);/q;+1/p-1. The number of hydrogen-bond acceptors (Lipinski definition) is 4. The van der Waals surface area contributed by atoms with Crippen LogP contribution in [0.3, 0.4) is 0 Å². The van der Waals surface area contributed by atoms with Crippen LogP contribution in [0.4, 0.5) is 0 Å². The summed E-state index contributed by atoms with van der Waals surface area (Å²) in [6.45, 7) is 4.11. The van der Waals surface area contributed by atoms with Gasteiger partial charge in [-0.25, -0.2) is 8.42 Å². The van der Waals surface area contributed by atoms with Crippen molar-refractivity contribution in [1.82, 2.24) is 0 Å². The summed E-state index contributed by atoms with van der Waals surface area (Å²) < 4.78 is 33.5. The van der Waals surface area contributed by atoms with Crippen molar-refractivity contribution in [2.45, 2.75) is 134 Å². The molecule has 158 valence electrons. The predicted molar refractivity (Wildman–Crippen MR) is 109 cm³/mol. The molecule has 0 saturated carbocycles. The molecule has 0 aromatic carbocycles. The maximum absolute atomic E-state index is 11.2. The average molecular weight is 431 g/mol. The van der Waals surface area contributed by atoms with Crippen molar-refractivity contribution in [3.63, 3.8) is 0 Å². The molecule has 0 aliphatic heterocycles. The van der Waals surface area contributed by atoms with Gasteiger partial charge in [-0.3, -0.25) is 0 Å². The van der Waals surface area contributed by atoms with Crippen molar-refractivity contribution >= 4 is 10.1 Å². The van der Waals surface area contributed by atoms with Crippen LogP contribution in [0.5, 0.6) is 0 Å². The molecule has 2 atom stereocenters. The third-order valence-corrected chi connectivity index (χ3v) is 6.44. The van der Waals surface area contributed by atoms with Crippen LogP contribution in [-0.2, 0) is 10.1 Å². The summed E-state index contributed by atoms with van der Waals surface area (Å²) in [6, 6.07) is 0. The van der Waals surface area contributed by atoms with E-state index in [4.69, 9.17) is 0 Å². The Kier molecular flexibility index (Phi) is 23.6. The van der Waals surface area contributed by atoms with Crippen LogP contribution in [-0.4, -0.2) is 29.4 Å². The molecule has 0 aliphatic carbocycles. The van der Waals surface area contributed by atoms with Gasteiger partial charge in [0.1, 0.15) is 0 Å². The Bertz CT molecular complexity index is 401. The van der Waals surface area contributed by atoms with Gasteiger partial charge < -0.3 is 9.66 Å². The van der Waals surface area contributed by atoms with Gasteiger partial charge >= 0.3 is 51.4 Å². The first-order chi connectivity index (χ1) is 12.4. The normalized spacial score (nSPS) is 13.9. The smallest absolute Gasteiger partial charge is 0.748 e. The monoisotopic (exact) mass is 430 g/mol. The van der Waals surface area contributed by atoms with E-state index in [2.05, 4.69) is 6.92 Å². The third kappa shape index (κ3) is 20.6. The minimum atomic E-state index is -4.29. The summed E-state index contributed by atoms with van der Waals surface area (Å²) in [4.78, 5) is 0. The molecule has 0 spiro atoms. The minimum Gasteiger partial charge on any atom is -0.748 e. The SMILES string of the molecule is CCCCCCCCCCCCCCCC(O)CC(CCC)S(=O)(=O)[O-].[K+]. The van der Waals surface area contributed by atoms with E-state index in [9.17, 15) is 18.1 Å². The van der Waals surface area contributed by atoms with Gasteiger partial charge in [-0.15, -0.1) is 0 Å². The van der Waals surface area contributed by atoms with Crippen LogP contribution in [0.15, 0.2) is 0 Å². The Morgan fingerprint density at radius 1 is 0.704 bits per heavy atom. The molecule has 0 heterocycles. The first-order valence-electron chi connectivity index (χ1n) is 11.0. The summed E-state index contributed by atoms with van der Waals surface area (Å²) in [7, 11) is -4.29. The number of aliphatic hydroxyl groups is 1. The maximum atomic E-state index is 11.2. The van der Waals surface area contributed by atoms with Gasteiger partial charge in [0.2, 0.25) is 0 Å². The molecular formula is C21H43KO4S. The van der Waals surface area contributed by atoms with Gasteiger partial charge in [0.05, 0.1) is 21.5 Å². The zero-order valence-electron chi connectivity index (χ0n) is 18.3. The minimum absolute atomic E-state index is 0. The Labute approximate surface area is 211 Å². The molecule has 1 N–H and O–H groups in total. The van der Waals surface area contributed by atoms with Gasteiger partial charge in [-0.05, 0) is 19.3 Å². The zero-order valence-corrected chi connectivity index (χ0v) is 22.2. The quantitative estimate of drug-likeness (QED) is 0.194. The number of unbranched alkanes of at least 4 members (excludes halogenated alkanes) is 12. The van der Waals surface area contributed by atoms with E-state index in [1.54, 1.807) is 0 Å². The molecule has 0 rings (SSSR count). The summed E-state index contributed by atoms with van der Waals surface area (Å²) in [5.74, 6) is 0. The van der Waals surface area contributed by atoms with E-state index in [1.165, 1.54) is 70.6 Å². The van der Waals surface area contributed by atoms with Crippen molar-refractivity contribution in [3.05, 3.63) is 0 Å². The second-order valence-corrected chi connectivity index (χ2v) is 9.48. The molecule has 0 fully saturated rings. The molecule has 0 amide bonds. The Morgan fingerprint density at radius 2 is 1.11 bits per heavy atom. The Balaban J connectivity index is 0. The Hall–Kier alpha value is 1.51. The van der Waals surface area contributed by atoms with E-state index in [1.807, 2.05) is 6.92 Å². The maximum Gasteiger partial charge on any atom is 1.00 e. The molecule has 27 heavy (non-hydrogen) atoms. The fraction of sp³-hybridized carbons (Fsp3) is 1.00. The van der Waals surface area contributed by atoms with Crippen LogP contribution in [0.1, 0.15) is 123 Å². The molecule has 6 heteroatoms. The van der Waals surface area contributed by atoms with E-state index < -0.39 is 21.5 Å². The van der Waals surface area contributed by atoms with Crippen LogP contribution in [0, 0.1) is 0 Å². The summed E-state index contributed by atoms with van der Waals surface area (Å²) in [6.07, 6.45) is 17.7. The molecule has 4 nitrogen and oxygen atoms in total. The molecule has 2 unspecified atom stereocenters. The van der Waals surface area contributed by atoms with E-state index in [-0.39, 0.29) is 57.8 Å². The third-order valence-electron chi connectivity index (χ3n) is 5.19. The summed E-state index contributed by atoms with van der Waals surface area (Å²) in [5.41, 5.74) is 0. The van der Waals surface area contributed by atoms with E-state index in [0.29, 0.717) is 19.3 Å². The van der Waals surface area contributed by atoms with Gasteiger partial charge in [0.15, 0.2) is 0 Å². The zero-order chi connectivity index (χ0) is 19.7.